The lowest BCUT2D eigenvalue weighted by Gasteiger charge is -2.27. The fraction of sp³-hybridized carbons (Fsp3) is 0.441. The maximum absolute atomic E-state index is 14.5. The Kier molecular flexibility index (Phi) is 11.5. The van der Waals surface area contributed by atoms with Gasteiger partial charge in [0.25, 0.3) is 5.91 Å². The number of hydrogen-bond acceptors (Lipinski definition) is 6. The largest absolute Gasteiger partial charge is 0.481 e. The van der Waals surface area contributed by atoms with Gasteiger partial charge in [-0.25, -0.2) is 14.1 Å². The number of aliphatic hydroxyl groups excluding tert-OH is 2. The smallest absolute Gasteiger partial charge is 0.417 e. The lowest BCUT2D eigenvalue weighted by atomic mass is 9.92. The molecule has 2 unspecified atom stereocenters. The van der Waals surface area contributed by atoms with Crippen LogP contribution in [0.5, 0.6) is 0 Å². The first-order chi connectivity index (χ1) is 20.6. The third kappa shape index (κ3) is 8.54. The summed E-state index contributed by atoms with van der Waals surface area (Å²) in [5.41, 5.74) is 2.61. The van der Waals surface area contributed by atoms with Crippen molar-refractivity contribution >= 4 is 18.0 Å². The average molecular weight is 611 g/mol. The molecule has 0 saturated carbocycles. The number of ether oxygens (including phenoxy) is 1. The second-order valence-electron chi connectivity index (χ2n) is 12.1. The fourth-order valence-electron chi connectivity index (χ4n) is 5.30. The van der Waals surface area contributed by atoms with Crippen molar-refractivity contribution in [2.75, 3.05) is 6.54 Å². The molecule has 3 N–H and O–H groups in total. The quantitative estimate of drug-likeness (QED) is 0.215. The molecule has 0 aliphatic rings. The molecule has 2 atom stereocenters. The lowest BCUT2D eigenvalue weighted by molar-refractivity contribution is -0.139. The van der Waals surface area contributed by atoms with Crippen molar-refractivity contribution in [2.24, 2.45) is 0 Å². The standard InChI is InChI=1S/C34H43FN2O7/c1-7-36(33(43)44-34(4,5)6)32(42)31-30(22-11-9-8-10-12-22)29(23-13-15-24(35)16-14-23)27(37(31)21(2)3)18-17-25(38)19-26(39)20-28(40)41/h8-16,21,25-26,38-39H,7,17-20H2,1-6H3,(H,40,41). The molecule has 9 nitrogen and oxygen atoms in total. The monoisotopic (exact) mass is 610 g/mol. The number of benzene rings is 2. The first kappa shape index (κ1) is 34.5. The lowest BCUT2D eigenvalue weighted by Crippen LogP contribution is -2.41. The Hall–Kier alpha value is -4.02. The van der Waals surface area contributed by atoms with E-state index in [4.69, 9.17) is 9.84 Å². The van der Waals surface area contributed by atoms with E-state index in [1.165, 1.54) is 12.1 Å². The second-order valence-corrected chi connectivity index (χ2v) is 12.1. The molecule has 1 heterocycles. The van der Waals surface area contributed by atoms with E-state index in [-0.39, 0.29) is 37.5 Å². The molecule has 3 aromatic rings. The van der Waals surface area contributed by atoms with Gasteiger partial charge < -0.3 is 24.6 Å². The zero-order valence-electron chi connectivity index (χ0n) is 26.2. The summed E-state index contributed by atoms with van der Waals surface area (Å²) in [7, 11) is 0. The number of carboxylic acids is 1. The van der Waals surface area contributed by atoms with E-state index in [0.717, 1.165) is 4.90 Å². The molecule has 0 saturated heterocycles. The first-order valence-electron chi connectivity index (χ1n) is 14.9. The molecule has 0 spiro atoms. The number of aromatic nitrogens is 1. The minimum absolute atomic E-state index is 0.0483. The molecule has 2 aromatic carbocycles. The van der Waals surface area contributed by atoms with E-state index in [1.807, 2.05) is 48.7 Å². The maximum atomic E-state index is 14.5. The van der Waals surface area contributed by atoms with E-state index >= 15 is 0 Å². The summed E-state index contributed by atoms with van der Waals surface area (Å²) in [6.07, 6.45) is -3.29. The van der Waals surface area contributed by atoms with Crippen LogP contribution in [0.1, 0.15) is 83.0 Å². The van der Waals surface area contributed by atoms with Gasteiger partial charge in [0.15, 0.2) is 0 Å². The van der Waals surface area contributed by atoms with E-state index in [9.17, 15) is 29.0 Å². The van der Waals surface area contributed by atoms with Crippen molar-refractivity contribution in [1.82, 2.24) is 9.47 Å². The van der Waals surface area contributed by atoms with Crippen LogP contribution in [-0.2, 0) is 16.0 Å². The van der Waals surface area contributed by atoms with Crippen LogP contribution in [0.2, 0.25) is 0 Å². The zero-order chi connectivity index (χ0) is 32.8. The van der Waals surface area contributed by atoms with Crippen molar-refractivity contribution in [3.63, 3.8) is 0 Å². The molecular formula is C34H43FN2O7. The van der Waals surface area contributed by atoms with Gasteiger partial charge in [0.2, 0.25) is 0 Å². The SMILES string of the molecule is CCN(C(=O)OC(C)(C)C)C(=O)c1c(-c2ccccc2)c(-c2ccc(F)cc2)c(CCC(O)CC(O)CC(=O)O)n1C(C)C. The minimum Gasteiger partial charge on any atom is -0.481 e. The summed E-state index contributed by atoms with van der Waals surface area (Å²) in [6.45, 7) is 10.7. The van der Waals surface area contributed by atoms with Crippen LogP contribution in [0, 0.1) is 5.82 Å². The van der Waals surface area contributed by atoms with Crippen molar-refractivity contribution in [1.29, 1.82) is 0 Å². The van der Waals surface area contributed by atoms with Crippen LogP contribution in [0.25, 0.3) is 22.3 Å². The summed E-state index contributed by atoms with van der Waals surface area (Å²) in [6, 6.07) is 14.9. The molecule has 2 amide bonds. The van der Waals surface area contributed by atoms with Gasteiger partial charge in [0.1, 0.15) is 17.1 Å². The van der Waals surface area contributed by atoms with Crippen molar-refractivity contribution in [3.8, 4) is 22.3 Å². The number of hydrogen-bond donors (Lipinski definition) is 3. The maximum Gasteiger partial charge on any atom is 0.417 e. The predicted molar refractivity (Wildman–Crippen MR) is 166 cm³/mol. The Morgan fingerprint density at radius 1 is 0.932 bits per heavy atom. The number of nitrogens with zero attached hydrogens (tertiary/aromatic N) is 2. The number of imide groups is 1. The van der Waals surface area contributed by atoms with E-state index in [2.05, 4.69) is 0 Å². The Balaban J connectivity index is 2.30. The average Bonchev–Trinajstić information content (AvgIpc) is 3.27. The van der Waals surface area contributed by atoms with Gasteiger partial charge in [-0.05, 0) is 84.1 Å². The number of aliphatic carboxylic acids is 1. The Morgan fingerprint density at radius 2 is 1.52 bits per heavy atom. The predicted octanol–water partition coefficient (Wildman–Crippen LogP) is 6.46. The summed E-state index contributed by atoms with van der Waals surface area (Å²) < 4.78 is 21.5. The highest BCUT2D eigenvalue weighted by Gasteiger charge is 2.35. The van der Waals surface area contributed by atoms with Gasteiger partial charge in [-0.15, -0.1) is 0 Å². The molecule has 0 aliphatic carbocycles. The van der Waals surface area contributed by atoms with Crippen LogP contribution in [-0.4, -0.2) is 67.1 Å². The number of amides is 2. The van der Waals surface area contributed by atoms with Crippen molar-refractivity contribution in [3.05, 3.63) is 71.8 Å². The Labute approximate surface area is 257 Å². The topological polar surface area (TPSA) is 129 Å². The highest BCUT2D eigenvalue weighted by molar-refractivity contribution is 6.09. The number of aliphatic hydroxyl groups is 2. The van der Waals surface area contributed by atoms with Crippen LogP contribution in [0.15, 0.2) is 54.6 Å². The van der Waals surface area contributed by atoms with Crippen LogP contribution < -0.4 is 0 Å². The Bertz CT molecular complexity index is 1440. The third-order valence-electron chi connectivity index (χ3n) is 7.07. The highest BCUT2D eigenvalue weighted by atomic mass is 19.1. The van der Waals surface area contributed by atoms with E-state index < -0.39 is 48.0 Å². The van der Waals surface area contributed by atoms with Gasteiger partial charge in [-0.3, -0.25) is 9.59 Å². The Morgan fingerprint density at radius 3 is 2.05 bits per heavy atom. The van der Waals surface area contributed by atoms with Crippen LogP contribution in [0.3, 0.4) is 0 Å². The van der Waals surface area contributed by atoms with Gasteiger partial charge in [-0.1, -0.05) is 42.5 Å². The number of rotatable bonds is 12. The molecular weight excluding hydrogens is 567 g/mol. The first-order valence-corrected chi connectivity index (χ1v) is 14.9. The van der Waals surface area contributed by atoms with Gasteiger partial charge in [0.05, 0.1) is 18.6 Å². The second kappa shape index (κ2) is 14.6. The van der Waals surface area contributed by atoms with Crippen LogP contribution in [0.4, 0.5) is 9.18 Å². The molecule has 238 valence electrons. The zero-order valence-corrected chi connectivity index (χ0v) is 26.2. The number of carbonyl (C=O) groups is 3. The number of halogens is 1. The molecule has 44 heavy (non-hydrogen) atoms. The van der Waals surface area contributed by atoms with Gasteiger partial charge in [-0.2, -0.15) is 0 Å². The van der Waals surface area contributed by atoms with E-state index in [0.29, 0.717) is 27.9 Å². The molecule has 10 heteroatoms. The van der Waals surface area contributed by atoms with Gasteiger partial charge in [0, 0.05) is 29.4 Å². The molecule has 0 aliphatic heterocycles. The third-order valence-corrected chi connectivity index (χ3v) is 7.07. The van der Waals surface area contributed by atoms with Crippen molar-refractivity contribution in [2.45, 2.75) is 91.1 Å². The van der Waals surface area contributed by atoms with Crippen molar-refractivity contribution < 1.29 is 38.8 Å². The summed E-state index contributed by atoms with van der Waals surface area (Å²) >= 11 is 0. The number of carbonyl (C=O) groups excluding carboxylic acids is 2. The van der Waals surface area contributed by atoms with E-state index in [1.54, 1.807) is 39.8 Å². The fourth-order valence-corrected chi connectivity index (χ4v) is 5.30. The molecule has 0 bridgehead atoms. The normalized spacial score (nSPS) is 13.0. The summed E-state index contributed by atoms with van der Waals surface area (Å²) in [5.74, 6) is -2.17. The minimum atomic E-state index is -1.22. The molecule has 3 rings (SSSR count). The summed E-state index contributed by atoms with van der Waals surface area (Å²) in [4.78, 5) is 39.8. The van der Waals surface area contributed by atoms with Gasteiger partial charge >= 0.3 is 12.1 Å². The summed E-state index contributed by atoms with van der Waals surface area (Å²) in [5, 5.41) is 29.9. The number of carboxylic acid groups (broad SMARTS) is 1. The molecule has 0 fully saturated rings. The molecule has 1 aromatic heterocycles. The molecule has 0 radical (unpaired) electrons. The van der Waals surface area contributed by atoms with Crippen LogP contribution >= 0.6 is 0 Å². The highest BCUT2D eigenvalue weighted by Crippen LogP contribution is 2.43.